The van der Waals surface area contributed by atoms with Gasteiger partial charge in [0, 0.05) is 6.04 Å². The molecule has 1 aromatic carbocycles. The molecule has 1 aromatic rings. The number of primary amides is 1. The van der Waals surface area contributed by atoms with E-state index in [2.05, 4.69) is 5.32 Å². The van der Waals surface area contributed by atoms with Gasteiger partial charge in [-0.2, -0.15) is 4.39 Å². The summed E-state index contributed by atoms with van der Waals surface area (Å²) in [6, 6.07) is 3.20. The molecule has 0 aromatic heterocycles. The Kier molecular flexibility index (Phi) is 3.76. The molecule has 1 saturated carbocycles. The second-order valence-electron chi connectivity index (χ2n) is 4.26. The average Bonchev–Trinajstić information content (AvgIpc) is 3.13. The van der Waals surface area contributed by atoms with Crippen molar-refractivity contribution in [3.8, 4) is 5.75 Å². The summed E-state index contributed by atoms with van der Waals surface area (Å²) in [5.74, 6) is -2.84. The smallest absolute Gasteiger partial charge is 0.238 e. The van der Waals surface area contributed by atoms with Crippen LogP contribution in [-0.4, -0.2) is 24.6 Å². The molecule has 0 heterocycles. The van der Waals surface area contributed by atoms with Gasteiger partial charge < -0.3 is 15.8 Å². The molecular weight excluding hydrogens is 242 g/mol. The van der Waals surface area contributed by atoms with Crippen molar-refractivity contribution in [2.24, 2.45) is 5.73 Å². The van der Waals surface area contributed by atoms with E-state index in [-0.39, 0.29) is 18.4 Å². The predicted octanol–water partition coefficient (Wildman–Crippen LogP) is 0.949. The minimum atomic E-state index is -1.06. The second kappa shape index (κ2) is 5.30. The van der Waals surface area contributed by atoms with Crippen LogP contribution in [0.4, 0.5) is 8.78 Å². The van der Waals surface area contributed by atoms with Crippen molar-refractivity contribution in [2.45, 2.75) is 24.9 Å². The highest BCUT2D eigenvalue weighted by atomic mass is 19.2. The molecule has 0 radical (unpaired) electrons. The maximum Gasteiger partial charge on any atom is 0.238 e. The highest BCUT2D eigenvalue weighted by Gasteiger charge is 2.27. The molecule has 0 bridgehead atoms. The number of ether oxygens (including phenoxy) is 1. The van der Waals surface area contributed by atoms with Gasteiger partial charge in [-0.15, -0.1) is 0 Å². The number of halogens is 2. The van der Waals surface area contributed by atoms with E-state index in [9.17, 15) is 13.6 Å². The van der Waals surface area contributed by atoms with E-state index < -0.39 is 23.6 Å². The second-order valence-corrected chi connectivity index (χ2v) is 4.26. The maximum absolute atomic E-state index is 13.3. The van der Waals surface area contributed by atoms with Crippen LogP contribution in [-0.2, 0) is 4.79 Å². The average molecular weight is 256 g/mol. The minimum absolute atomic E-state index is 0.119. The molecule has 0 spiro atoms. The number of carbonyl (C=O) groups is 1. The summed E-state index contributed by atoms with van der Waals surface area (Å²) in [7, 11) is 0. The standard InChI is InChI=1S/C12H14F2N2O2/c13-8-2-1-3-10(11(8)14)18-6-9(12(15)17)16-7-4-5-7/h1-3,7,9,16H,4-6H2,(H2,15,17). The van der Waals surface area contributed by atoms with Gasteiger partial charge in [0.05, 0.1) is 0 Å². The van der Waals surface area contributed by atoms with Crippen LogP contribution < -0.4 is 15.8 Å². The van der Waals surface area contributed by atoms with Crippen LogP contribution in [0.1, 0.15) is 12.8 Å². The Morgan fingerprint density at radius 2 is 2.22 bits per heavy atom. The lowest BCUT2D eigenvalue weighted by atomic mass is 10.3. The van der Waals surface area contributed by atoms with Gasteiger partial charge in [0.25, 0.3) is 0 Å². The Labute approximate surface area is 103 Å². The summed E-state index contributed by atoms with van der Waals surface area (Å²) < 4.78 is 31.3. The van der Waals surface area contributed by atoms with Gasteiger partial charge in [0.15, 0.2) is 11.6 Å². The van der Waals surface area contributed by atoms with Crippen molar-refractivity contribution in [1.82, 2.24) is 5.32 Å². The Morgan fingerprint density at radius 3 is 2.83 bits per heavy atom. The van der Waals surface area contributed by atoms with Gasteiger partial charge in [0.1, 0.15) is 12.6 Å². The Bertz CT molecular complexity index is 450. The van der Waals surface area contributed by atoms with E-state index >= 15 is 0 Å². The van der Waals surface area contributed by atoms with Crippen LogP contribution in [0.3, 0.4) is 0 Å². The summed E-state index contributed by atoms with van der Waals surface area (Å²) in [5.41, 5.74) is 5.20. The summed E-state index contributed by atoms with van der Waals surface area (Å²) in [5, 5.41) is 2.98. The number of rotatable bonds is 6. The predicted molar refractivity (Wildman–Crippen MR) is 61.0 cm³/mol. The van der Waals surface area contributed by atoms with Crippen molar-refractivity contribution in [3.05, 3.63) is 29.8 Å². The first kappa shape index (κ1) is 12.8. The van der Waals surface area contributed by atoms with Gasteiger partial charge in [-0.1, -0.05) is 6.07 Å². The third-order valence-electron chi connectivity index (χ3n) is 2.68. The molecular formula is C12H14F2N2O2. The van der Waals surface area contributed by atoms with Crippen molar-refractivity contribution < 1.29 is 18.3 Å². The number of benzene rings is 1. The number of hydrogen-bond donors (Lipinski definition) is 2. The summed E-state index contributed by atoms with van der Waals surface area (Å²) in [6.07, 6.45) is 1.97. The van der Waals surface area contributed by atoms with Crippen molar-refractivity contribution in [2.75, 3.05) is 6.61 Å². The molecule has 1 unspecified atom stereocenters. The SMILES string of the molecule is NC(=O)C(COc1cccc(F)c1F)NC1CC1. The number of amides is 1. The van der Waals surface area contributed by atoms with Crippen LogP contribution >= 0.6 is 0 Å². The molecule has 1 aliphatic rings. The zero-order chi connectivity index (χ0) is 13.1. The first-order valence-corrected chi connectivity index (χ1v) is 5.70. The molecule has 0 saturated heterocycles. The molecule has 3 N–H and O–H groups in total. The lowest BCUT2D eigenvalue weighted by Gasteiger charge is -2.16. The third kappa shape index (κ3) is 3.16. The quantitative estimate of drug-likeness (QED) is 0.796. The minimum Gasteiger partial charge on any atom is -0.488 e. The Morgan fingerprint density at radius 1 is 1.50 bits per heavy atom. The molecule has 1 atom stereocenters. The van der Waals surface area contributed by atoms with Crippen LogP contribution in [0, 0.1) is 11.6 Å². The molecule has 2 rings (SSSR count). The molecule has 1 fully saturated rings. The molecule has 18 heavy (non-hydrogen) atoms. The van der Waals surface area contributed by atoms with Crippen LogP contribution in [0.5, 0.6) is 5.75 Å². The van der Waals surface area contributed by atoms with Crippen LogP contribution in [0.25, 0.3) is 0 Å². The molecule has 98 valence electrons. The topological polar surface area (TPSA) is 64.4 Å². The highest BCUT2D eigenvalue weighted by Crippen LogP contribution is 2.21. The summed E-state index contributed by atoms with van der Waals surface area (Å²) in [4.78, 5) is 11.1. The monoisotopic (exact) mass is 256 g/mol. The Balaban J connectivity index is 1.95. The third-order valence-corrected chi connectivity index (χ3v) is 2.68. The first-order chi connectivity index (χ1) is 8.58. The zero-order valence-corrected chi connectivity index (χ0v) is 9.66. The van der Waals surface area contributed by atoms with E-state index in [1.807, 2.05) is 0 Å². The largest absolute Gasteiger partial charge is 0.488 e. The zero-order valence-electron chi connectivity index (χ0n) is 9.66. The van der Waals surface area contributed by atoms with Crippen molar-refractivity contribution in [3.63, 3.8) is 0 Å². The lowest BCUT2D eigenvalue weighted by molar-refractivity contribution is -0.120. The molecule has 1 amide bonds. The van der Waals surface area contributed by atoms with Gasteiger partial charge in [0.2, 0.25) is 11.7 Å². The van der Waals surface area contributed by atoms with E-state index in [1.165, 1.54) is 12.1 Å². The summed E-state index contributed by atoms with van der Waals surface area (Å²) in [6.45, 7) is -0.119. The van der Waals surface area contributed by atoms with E-state index in [0.717, 1.165) is 18.9 Å². The maximum atomic E-state index is 13.3. The van der Waals surface area contributed by atoms with E-state index in [1.54, 1.807) is 0 Å². The first-order valence-electron chi connectivity index (χ1n) is 5.70. The van der Waals surface area contributed by atoms with E-state index in [0.29, 0.717) is 0 Å². The summed E-state index contributed by atoms with van der Waals surface area (Å²) >= 11 is 0. The highest BCUT2D eigenvalue weighted by molar-refractivity contribution is 5.80. The van der Waals surface area contributed by atoms with Gasteiger partial charge >= 0.3 is 0 Å². The molecule has 0 aliphatic heterocycles. The van der Waals surface area contributed by atoms with Gasteiger partial charge in [-0.05, 0) is 25.0 Å². The number of nitrogens with one attached hydrogen (secondary N) is 1. The Hall–Kier alpha value is -1.69. The van der Waals surface area contributed by atoms with Gasteiger partial charge in [-0.25, -0.2) is 4.39 Å². The van der Waals surface area contributed by atoms with Crippen molar-refractivity contribution >= 4 is 5.91 Å². The fourth-order valence-corrected chi connectivity index (χ4v) is 1.52. The lowest BCUT2D eigenvalue weighted by Crippen LogP contribution is -2.46. The normalized spacial score (nSPS) is 16.3. The van der Waals surface area contributed by atoms with Crippen LogP contribution in [0.2, 0.25) is 0 Å². The molecule has 1 aliphatic carbocycles. The van der Waals surface area contributed by atoms with Crippen LogP contribution in [0.15, 0.2) is 18.2 Å². The fourth-order valence-electron chi connectivity index (χ4n) is 1.52. The number of nitrogens with two attached hydrogens (primary N) is 1. The number of hydrogen-bond acceptors (Lipinski definition) is 3. The fraction of sp³-hybridized carbons (Fsp3) is 0.417. The number of carbonyl (C=O) groups excluding carboxylic acids is 1. The van der Waals surface area contributed by atoms with Gasteiger partial charge in [-0.3, -0.25) is 4.79 Å². The van der Waals surface area contributed by atoms with Crippen molar-refractivity contribution in [1.29, 1.82) is 0 Å². The molecule has 6 heteroatoms. The van der Waals surface area contributed by atoms with E-state index in [4.69, 9.17) is 10.5 Å². The molecule has 4 nitrogen and oxygen atoms in total.